The van der Waals surface area contributed by atoms with Gasteiger partial charge in [-0.05, 0) is 17.7 Å². The van der Waals surface area contributed by atoms with Crippen molar-refractivity contribution in [1.29, 1.82) is 0 Å². The van der Waals surface area contributed by atoms with Crippen LogP contribution in [0.4, 0.5) is 0 Å². The Kier molecular flexibility index (Phi) is 4.91. The van der Waals surface area contributed by atoms with Gasteiger partial charge in [-0.2, -0.15) is 0 Å². The lowest BCUT2D eigenvalue weighted by molar-refractivity contribution is 0.933. The highest BCUT2D eigenvalue weighted by Gasteiger charge is 2.03. The normalized spacial score (nSPS) is 9.29. The van der Waals surface area contributed by atoms with Crippen LogP contribution in [0, 0.1) is 0 Å². The number of hydrogen-bond acceptors (Lipinski definition) is 2. The zero-order valence-corrected chi connectivity index (χ0v) is 9.44. The quantitative estimate of drug-likeness (QED) is 0.818. The van der Waals surface area contributed by atoms with E-state index in [4.69, 9.17) is 5.73 Å². The summed E-state index contributed by atoms with van der Waals surface area (Å²) >= 11 is 0. The van der Waals surface area contributed by atoms with E-state index in [9.17, 15) is 0 Å². The number of pyridine rings is 1. The van der Waals surface area contributed by atoms with Crippen molar-refractivity contribution < 1.29 is 0 Å². The van der Waals surface area contributed by atoms with Crippen molar-refractivity contribution in [3.05, 3.63) is 30.1 Å². The summed E-state index contributed by atoms with van der Waals surface area (Å²) in [5.74, 6) is 0. The first-order valence-corrected chi connectivity index (χ1v) is 3.92. The fraction of sp³-hybridized carbons (Fsp3) is 0.222. The molecule has 0 unspecified atom stereocenters. The van der Waals surface area contributed by atoms with Crippen molar-refractivity contribution in [3.63, 3.8) is 0 Å². The fourth-order valence-electron chi connectivity index (χ4n) is 1.46. The van der Waals surface area contributed by atoms with Crippen LogP contribution in [0.25, 0.3) is 11.0 Å². The van der Waals surface area contributed by atoms with Crippen LogP contribution in [0.5, 0.6) is 0 Å². The average Bonchev–Trinajstić information content (AvgIpc) is 2.44. The number of nitrogens with zero attached hydrogens (tertiary/aromatic N) is 2. The number of fused-ring (bicyclic) bond motifs is 1. The lowest BCUT2D eigenvalue weighted by Gasteiger charge is -1.92. The smallest absolute Gasteiger partial charge is 0.139 e. The van der Waals surface area contributed by atoms with Gasteiger partial charge in [0.05, 0.1) is 0 Å². The summed E-state index contributed by atoms with van der Waals surface area (Å²) in [7, 11) is 1.98. The predicted molar refractivity (Wildman–Crippen MR) is 63.1 cm³/mol. The minimum absolute atomic E-state index is 0. The van der Waals surface area contributed by atoms with Crippen molar-refractivity contribution in [2.24, 2.45) is 12.8 Å². The highest BCUT2D eigenvalue weighted by Crippen LogP contribution is 2.16. The molecule has 14 heavy (non-hydrogen) atoms. The molecule has 2 aromatic heterocycles. The van der Waals surface area contributed by atoms with Gasteiger partial charge < -0.3 is 10.3 Å². The first-order valence-electron chi connectivity index (χ1n) is 3.92. The van der Waals surface area contributed by atoms with Crippen LogP contribution in [-0.2, 0) is 13.6 Å². The van der Waals surface area contributed by atoms with E-state index in [0.29, 0.717) is 6.54 Å². The number of halogens is 2. The molecule has 78 valence electrons. The lowest BCUT2D eigenvalue weighted by Crippen LogP contribution is -1.94. The highest BCUT2D eigenvalue weighted by atomic mass is 35.5. The summed E-state index contributed by atoms with van der Waals surface area (Å²) in [4.78, 5) is 4.26. The van der Waals surface area contributed by atoms with E-state index in [-0.39, 0.29) is 24.8 Å². The van der Waals surface area contributed by atoms with Crippen LogP contribution in [0.3, 0.4) is 0 Å². The highest BCUT2D eigenvalue weighted by molar-refractivity contribution is 5.85. The number of hydrogen-bond donors (Lipinski definition) is 1. The van der Waals surface area contributed by atoms with Crippen molar-refractivity contribution in [2.45, 2.75) is 6.54 Å². The van der Waals surface area contributed by atoms with E-state index >= 15 is 0 Å². The molecule has 2 aromatic rings. The number of aromatic nitrogens is 2. The molecule has 0 spiro atoms. The van der Waals surface area contributed by atoms with Crippen molar-refractivity contribution in [3.8, 4) is 0 Å². The van der Waals surface area contributed by atoms with Crippen LogP contribution < -0.4 is 5.73 Å². The van der Waals surface area contributed by atoms with Gasteiger partial charge in [-0.15, -0.1) is 24.8 Å². The molecule has 0 amide bonds. The molecule has 0 saturated heterocycles. The summed E-state index contributed by atoms with van der Waals surface area (Å²) in [6.45, 7) is 0.572. The molecule has 0 atom stereocenters. The summed E-state index contributed by atoms with van der Waals surface area (Å²) in [6, 6.07) is 3.98. The molecule has 0 bridgehead atoms. The lowest BCUT2D eigenvalue weighted by atomic mass is 10.2. The Balaban J connectivity index is 0.000000845. The molecule has 3 nitrogen and oxygen atoms in total. The maximum Gasteiger partial charge on any atom is 0.139 e. The van der Waals surface area contributed by atoms with Crippen molar-refractivity contribution in [1.82, 2.24) is 9.55 Å². The second-order valence-corrected chi connectivity index (χ2v) is 2.84. The molecular weight excluding hydrogens is 221 g/mol. The van der Waals surface area contributed by atoms with Crippen LogP contribution in [0.2, 0.25) is 0 Å². The Hall–Kier alpha value is -0.770. The predicted octanol–water partition coefficient (Wildman–Crippen LogP) is 1.88. The van der Waals surface area contributed by atoms with E-state index in [2.05, 4.69) is 4.98 Å². The Morgan fingerprint density at radius 1 is 1.43 bits per heavy atom. The second-order valence-electron chi connectivity index (χ2n) is 2.84. The molecule has 0 fully saturated rings. The van der Waals surface area contributed by atoms with E-state index in [0.717, 1.165) is 16.6 Å². The maximum absolute atomic E-state index is 5.59. The standard InChI is InChI=1S/C9H11N3.2ClH/c1-12-6-7(5-10)8-3-2-4-11-9(8)12;;/h2-4,6H,5,10H2,1H3;2*1H. The van der Waals surface area contributed by atoms with E-state index < -0.39 is 0 Å². The second kappa shape index (κ2) is 5.20. The summed E-state index contributed by atoms with van der Waals surface area (Å²) in [5, 5.41) is 1.16. The maximum atomic E-state index is 5.59. The van der Waals surface area contributed by atoms with Gasteiger partial charge in [0.2, 0.25) is 0 Å². The molecule has 2 rings (SSSR count). The summed E-state index contributed by atoms with van der Waals surface area (Å²) in [6.07, 6.45) is 3.82. The van der Waals surface area contributed by atoms with Crippen LogP contribution in [0.15, 0.2) is 24.5 Å². The average molecular weight is 234 g/mol. The van der Waals surface area contributed by atoms with Gasteiger partial charge in [-0.25, -0.2) is 4.98 Å². The van der Waals surface area contributed by atoms with E-state index in [1.165, 1.54) is 0 Å². The van der Waals surface area contributed by atoms with Gasteiger partial charge in [0.15, 0.2) is 0 Å². The van der Waals surface area contributed by atoms with Gasteiger partial charge in [0.25, 0.3) is 0 Å². The molecule has 0 aliphatic rings. The molecular formula is C9H13Cl2N3. The molecule has 0 aliphatic carbocycles. The van der Waals surface area contributed by atoms with Gasteiger partial charge >= 0.3 is 0 Å². The third-order valence-corrected chi connectivity index (χ3v) is 2.04. The van der Waals surface area contributed by atoms with Crippen LogP contribution in [-0.4, -0.2) is 9.55 Å². The summed E-state index contributed by atoms with van der Waals surface area (Å²) in [5.41, 5.74) is 7.74. The number of aryl methyl sites for hydroxylation is 1. The molecule has 0 radical (unpaired) electrons. The van der Waals surface area contributed by atoms with Gasteiger partial charge in [0, 0.05) is 31.4 Å². The molecule has 0 aromatic carbocycles. The molecule has 0 saturated carbocycles. The molecule has 0 aliphatic heterocycles. The fourth-order valence-corrected chi connectivity index (χ4v) is 1.46. The Morgan fingerprint density at radius 2 is 2.14 bits per heavy atom. The SMILES string of the molecule is Cl.Cl.Cn1cc(CN)c2cccnc21. The zero-order chi connectivity index (χ0) is 8.55. The molecule has 2 N–H and O–H groups in total. The minimum atomic E-state index is 0. The van der Waals surface area contributed by atoms with Gasteiger partial charge in [-0.3, -0.25) is 0 Å². The van der Waals surface area contributed by atoms with Gasteiger partial charge in [0.1, 0.15) is 5.65 Å². The minimum Gasteiger partial charge on any atom is -0.335 e. The Labute approximate surface area is 95.1 Å². The van der Waals surface area contributed by atoms with Gasteiger partial charge in [-0.1, -0.05) is 0 Å². The van der Waals surface area contributed by atoms with Crippen LogP contribution in [0.1, 0.15) is 5.56 Å². The first-order chi connectivity index (χ1) is 5.83. The van der Waals surface area contributed by atoms with Crippen molar-refractivity contribution >= 4 is 35.8 Å². The third kappa shape index (κ3) is 2.00. The van der Waals surface area contributed by atoms with Crippen molar-refractivity contribution in [2.75, 3.05) is 0 Å². The van der Waals surface area contributed by atoms with E-state index in [1.807, 2.05) is 29.9 Å². The Bertz CT molecular complexity index is 411. The number of rotatable bonds is 1. The van der Waals surface area contributed by atoms with Crippen LogP contribution >= 0.6 is 24.8 Å². The number of nitrogens with two attached hydrogens (primary N) is 1. The summed E-state index contributed by atoms with van der Waals surface area (Å²) < 4.78 is 2.00. The van der Waals surface area contributed by atoms with E-state index in [1.54, 1.807) is 6.20 Å². The zero-order valence-electron chi connectivity index (χ0n) is 7.80. The Morgan fingerprint density at radius 3 is 2.79 bits per heavy atom. The molecule has 5 heteroatoms. The first kappa shape index (κ1) is 13.2. The topological polar surface area (TPSA) is 43.8 Å². The third-order valence-electron chi connectivity index (χ3n) is 2.04. The largest absolute Gasteiger partial charge is 0.335 e. The molecule has 2 heterocycles. The monoisotopic (exact) mass is 233 g/mol.